The topological polar surface area (TPSA) is 26.3 Å². The quantitative estimate of drug-likeness (QED) is 0.797. The summed E-state index contributed by atoms with van der Waals surface area (Å²) in [5, 5.41) is 1.53. The van der Waals surface area contributed by atoms with Crippen LogP contribution in [-0.2, 0) is 9.09 Å². The zero-order valence-corrected chi connectivity index (χ0v) is 12.5. The highest BCUT2D eigenvalue weighted by Gasteiger charge is 2.28. The van der Waals surface area contributed by atoms with E-state index in [1.807, 2.05) is 63.2 Å². The van der Waals surface area contributed by atoms with Gasteiger partial charge in [0.15, 0.2) is 0 Å². The molecule has 0 saturated heterocycles. The van der Waals surface area contributed by atoms with Gasteiger partial charge in [0.05, 0.1) is 6.61 Å². The van der Waals surface area contributed by atoms with Crippen molar-refractivity contribution in [1.29, 1.82) is 0 Å². The van der Waals surface area contributed by atoms with Crippen molar-refractivity contribution in [2.75, 3.05) is 6.61 Å². The third kappa shape index (κ3) is 2.97. The van der Waals surface area contributed by atoms with Crippen LogP contribution in [0.2, 0.25) is 0 Å². The third-order valence-electron chi connectivity index (χ3n) is 2.95. The Bertz CT molecular complexity index is 585. The molecule has 0 radical (unpaired) electrons. The molecule has 100 valence electrons. The standard InChI is InChI=1S/C16H19O2P/c1-4-18-19(17,15-8-6-5-7-9-15)16-11-13(2)10-14(3)12-16/h5-12H,4H2,1-3H3/t19-/m1/s1. The SMILES string of the molecule is CCO[P@](=O)(c1ccccc1)c1cc(C)cc(C)c1. The minimum absolute atomic E-state index is 0.430. The van der Waals surface area contributed by atoms with Gasteiger partial charge in [-0.3, -0.25) is 4.57 Å². The van der Waals surface area contributed by atoms with E-state index >= 15 is 0 Å². The second-order valence-corrected chi connectivity index (χ2v) is 7.04. The van der Waals surface area contributed by atoms with Crippen molar-refractivity contribution in [3.05, 3.63) is 59.7 Å². The van der Waals surface area contributed by atoms with E-state index in [1.165, 1.54) is 0 Å². The van der Waals surface area contributed by atoms with Crippen molar-refractivity contribution in [3.8, 4) is 0 Å². The first-order valence-corrected chi connectivity index (χ1v) is 8.08. The molecule has 0 amide bonds. The molecule has 0 N–H and O–H groups in total. The van der Waals surface area contributed by atoms with Crippen LogP contribution in [0.25, 0.3) is 0 Å². The van der Waals surface area contributed by atoms with Crippen molar-refractivity contribution < 1.29 is 9.09 Å². The van der Waals surface area contributed by atoms with Crippen molar-refractivity contribution >= 4 is 18.0 Å². The number of benzene rings is 2. The highest BCUT2D eigenvalue weighted by atomic mass is 31.2. The van der Waals surface area contributed by atoms with Crippen LogP contribution in [-0.4, -0.2) is 6.61 Å². The van der Waals surface area contributed by atoms with Crippen LogP contribution in [0.4, 0.5) is 0 Å². The van der Waals surface area contributed by atoms with Gasteiger partial charge in [-0.05, 0) is 45.0 Å². The molecule has 0 aliphatic rings. The zero-order valence-electron chi connectivity index (χ0n) is 11.6. The van der Waals surface area contributed by atoms with Crippen LogP contribution in [0.1, 0.15) is 18.1 Å². The minimum Gasteiger partial charge on any atom is -0.322 e. The molecular weight excluding hydrogens is 255 g/mol. The third-order valence-corrected chi connectivity index (χ3v) is 5.49. The van der Waals surface area contributed by atoms with Crippen LogP contribution in [0, 0.1) is 13.8 Å². The lowest BCUT2D eigenvalue weighted by Gasteiger charge is -2.19. The maximum absolute atomic E-state index is 13.3. The lowest BCUT2D eigenvalue weighted by Crippen LogP contribution is -2.19. The first kappa shape index (κ1) is 14.0. The van der Waals surface area contributed by atoms with E-state index in [1.54, 1.807) is 0 Å². The summed E-state index contributed by atoms with van der Waals surface area (Å²) >= 11 is 0. The molecule has 0 aliphatic carbocycles. The Morgan fingerprint density at radius 2 is 1.53 bits per heavy atom. The Morgan fingerprint density at radius 3 is 2.05 bits per heavy atom. The van der Waals surface area contributed by atoms with Crippen molar-refractivity contribution in [1.82, 2.24) is 0 Å². The fourth-order valence-electron chi connectivity index (χ4n) is 2.22. The van der Waals surface area contributed by atoms with Crippen LogP contribution >= 0.6 is 7.37 Å². The van der Waals surface area contributed by atoms with Gasteiger partial charge >= 0.3 is 0 Å². The summed E-state index contributed by atoms with van der Waals surface area (Å²) in [5.74, 6) is 0. The summed E-state index contributed by atoms with van der Waals surface area (Å²) in [5.41, 5.74) is 2.21. The van der Waals surface area contributed by atoms with Gasteiger partial charge < -0.3 is 4.52 Å². The largest absolute Gasteiger partial charge is 0.322 e. The fourth-order valence-corrected chi connectivity index (χ4v) is 4.50. The van der Waals surface area contributed by atoms with Gasteiger partial charge in [0, 0.05) is 10.6 Å². The molecule has 3 heteroatoms. The smallest absolute Gasteiger partial charge is 0.261 e. The normalized spacial score (nSPS) is 14.1. The molecular formula is C16H19O2P. The van der Waals surface area contributed by atoms with Crippen LogP contribution in [0.5, 0.6) is 0 Å². The fraction of sp³-hybridized carbons (Fsp3) is 0.250. The lowest BCUT2D eigenvalue weighted by atomic mass is 10.2. The van der Waals surface area contributed by atoms with E-state index in [4.69, 9.17) is 4.52 Å². The van der Waals surface area contributed by atoms with Crippen molar-refractivity contribution in [3.63, 3.8) is 0 Å². The maximum Gasteiger partial charge on any atom is 0.261 e. The molecule has 2 rings (SSSR count). The second kappa shape index (κ2) is 5.73. The van der Waals surface area contributed by atoms with E-state index < -0.39 is 7.37 Å². The summed E-state index contributed by atoms with van der Waals surface area (Å²) in [7, 11) is -2.98. The van der Waals surface area contributed by atoms with E-state index in [0.29, 0.717) is 6.61 Å². The summed E-state index contributed by atoms with van der Waals surface area (Å²) in [4.78, 5) is 0. The molecule has 0 spiro atoms. The van der Waals surface area contributed by atoms with Gasteiger partial charge in [0.1, 0.15) is 0 Å². The maximum atomic E-state index is 13.3. The summed E-state index contributed by atoms with van der Waals surface area (Å²) in [6.07, 6.45) is 0. The second-order valence-electron chi connectivity index (χ2n) is 4.65. The Kier molecular flexibility index (Phi) is 4.24. The lowest BCUT2D eigenvalue weighted by molar-refractivity contribution is 0.348. The Balaban J connectivity index is 2.59. The number of rotatable bonds is 4. The van der Waals surface area contributed by atoms with E-state index in [-0.39, 0.29) is 0 Å². The number of hydrogen-bond donors (Lipinski definition) is 0. The van der Waals surface area contributed by atoms with Crippen LogP contribution in [0.3, 0.4) is 0 Å². The predicted molar refractivity (Wildman–Crippen MR) is 80.9 cm³/mol. The van der Waals surface area contributed by atoms with Crippen molar-refractivity contribution in [2.24, 2.45) is 0 Å². The molecule has 1 atom stereocenters. The Labute approximate surface area is 114 Å². The molecule has 2 nitrogen and oxygen atoms in total. The van der Waals surface area contributed by atoms with Crippen molar-refractivity contribution in [2.45, 2.75) is 20.8 Å². The highest BCUT2D eigenvalue weighted by Crippen LogP contribution is 2.44. The molecule has 2 aromatic carbocycles. The summed E-state index contributed by atoms with van der Waals surface area (Å²) in [6.45, 7) is 6.33. The monoisotopic (exact) mass is 274 g/mol. The molecule has 0 heterocycles. The van der Waals surface area contributed by atoms with E-state index in [2.05, 4.69) is 6.07 Å². The summed E-state index contributed by atoms with van der Waals surface area (Å²) < 4.78 is 19.0. The van der Waals surface area contributed by atoms with Gasteiger partial charge in [0.2, 0.25) is 0 Å². The van der Waals surface area contributed by atoms with E-state index in [0.717, 1.165) is 21.7 Å². The molecule has 0 aromatic heterocycles. The van der Waals surface area contributed by atoms with Gasteiger partial charge in [-0.1, -0.05) is 35.4 Å². The molecule has 0 unspecified atom stereocenters. The molecule has 0 fully saturated rings. The van der Waals surface area contributed by atoms with E-state index in [9.17, 15) is 4.57 Å². The molecule has 19 heavy (non-hydrogen) atoms. The average Bonchev–Trinajstić information content (AvgIpc) is 2.39. The van der Waals surface area contributed by atoms with Gasteiger partial charge in [0.25, 0.3) is 7.37 Å². The molecule has 0 bridgehead atoms. The first-order valence-electron chi connectivity index (χ1n) is 6.45. The zero-order chi connectivity index (χ0) is 13.9. The highest BCUT2D eigenvalue weighted by molar-refractivity contribution is 7.74. The Morgan fingerprint density at radius 1 is 0.947 bits per heavy atom. The number of aryl methyl sites for hydroxylation is 2. The molecule has 2 aromatic rings. The summed E-state index contributed by atoms with van der Waals surface area (Å²) in [6, 6.07) is 15.4. The predicted octanol–water partition coefficient (Wildman–Crippen LogP) is 3.57. The average molecular weight is 274 g/mol. The van der Waals surface area contributed by atoms with Gasteiger partial charge in [-0.2, -0.15) is 0 Å². The minimum atomic E-state index is -2.98. The molecule has 0 aliphatic heterocycles. The Hall–Kier alpha value is -1.37. The van der Waals surface area contributed by atoms with Gasteiger partial charge in [-0.25, -0.2) is 0 Å². The molecule has 0 saturated carbocycles. The van der Waals surface area contributed by atoms with Crippen LogP contribution in [0.15, 0.2) is 48.5 Å². The number of hydrogen-bond acceptors (Lipinski definition) is 2. The first-order chi connectivity index (χ1) is 9.06. The van der Waals surface area contributed by atoms with Crippen LogP contribution < -0.4 is 10.6 Å². The van der Waals surface area contributed by atoms with Gasteiger partial charge in [-0.15, -0.1) is 0 Å².